The average Bonchev–Trinajstić information content (AvgIpc) is 2.98. The summed E-state index contributed by atoms with van der Waals surface area (Å²) in [5, 5.41) is 0. The van der Waals surface area contributed by atoms with E-state index in [4.69, 9.17) is 19.6 Å². The Labute approximate surface area is 140 Å². The number of carbonyl (C=O) groups excluding carboxylic acids is 2. The van der Waals surface area contributed by atoms with Gasteiger partial charge in [0.25, 0.3) is 0 Å². The third-order valence-corrected chi connectivity index (χ3v) is 4.33. The van der Waals surface area contributed by atoms with Crippen LogP contribution in [0.25, 0.3) is 0 Å². The van der Waals surface area contributed by atoms with Crippen LogP contribution in [0.5, 0.6) is 0 Å². The van der Waals surface area contributed by atoms with Gasteiger partial charge < -0.3 is 19.6 Å². The molecule has 0 saturated carbocycles. The summed E-state index contributed by atoms with van der Waals surface area (Å²) in [7, 11) is 0. The van der Waals surface area contributed by atoms with Crippen molar-refractivity contribution in [1.29, 1.82) is 0 Å². The van der Waals surface area contributed by atoms with Crippen LogP contribution in [0, 0.1) is 5.41 Å². The molecule has 0 aromatic carbocycles. The maximum Gasteiger partial charge on any atom is 0.340 e. The van der Waals surface area contributed by atoms with Crippen molar-refractivity contribution < 1.29 is 23.5 Å². The largest absolute Gasteiger partial charge is 0.472 e. The molecule has 1 atom stereocenters. The van der Waals surface area contributed by atoms with Crippen LogP contribution in [0.15, 0.2) is 45.8 Å². The summed E-state index contributed by atoms with van der Waals surface area (Å²) in [6.07, 6.45) is 3.99. The number of rotatable bonds is 3. The third-order valence-electron chi connectivity index (χ3n) is 4.33. The molecular formula is C18H21NO5. The zero-order valence-corrected chi connectivity index (χ0v) is 14.0. The molecule has 128 valence electrons. The van der Waals surface area contributed by atoms with Crippen molar-refractivity contribution >= 4 is 11.8 Å². The number of hydrogen-bond donors (Lipinski definition) is 1. The van der Waals surface area contributed by atoms with E-state index in [9.17, 15) is 9.59 Å². The molecule has 0 spiro atoms. The molecule has 2 heterocycles. The molecule has 1 aliphatic carbocycles. The van der Waals surface area contributed by atoms with Gasteiger partial charge in [0.15, 0.2) is 5.78 Å². The summed E-state index contributed by atoms with van der Waals surface area (Å²) >= 11 is 0. The molecule has 0 bridgehead atoms. The van der Waals surface area contributed by atoms with Crippen LogP contribution in [0.4, 0.5) is 0 Å². The summed E-state index contributed by atoms with van der Waals surface area (Å²) in [6.45, 7) is 5.93. The molecule has 1 aromatic heterocycles. The molecule has 0 fully saturated rings. The number of nitrogens with two attached hydrogens (primary N) is 1. The lowest BCUT2D eigenvalue weighted by atomic mass is 9.70. The van der Waals surface area contributed by atoms with Crippen LogP contribution in [0.1, 0.15) is 45.1 Å². The highest BCUT2D eigenvalue weighted by molar-refractivity contribution is 6.03. The molecule has 0 amide bonds. The molecule has 2 N–H and O–H groups in total. The van der Waals surface area contributed by atoms with Crippen molar-refractivity contribution in [3.63, 3.8) is 0 Å². The summed E-state index contributed by atoms with van der Waals surface area (Å²) in [4.78, 5) is 25.2. The highest BCUT2D eigenvalue weighted by Gasteiger charge is 2.45. The van der Waals surface area contributed by atoms with Gasteiger partial charge in [0.1, 0.15) is 11.3 Å². The lowest BCUT2D eigenvalue weighted by Gasteiger charge is -2.37. The van der Waals surface area contributed by atoms with E-state index in [0.717, 1.165) is 0 Å². The first-order chi connectivity index (χ1) is 11.3. The molecule has 0 radical (unpaired) electrons. The van der Waals surface area contributed by atoms with E-state index in [1.807, 2.05) is 13.8 Å². The monoisotopic (exact) mass is 331 g/mol. The number of esters is 1. The van der Waals surface area contributed by atoms with Gasteiger partial charge in [-0.1, -0.05) is 13.8 Å². The second kappa shape index (κ2) is 5.85. The van der Waals surface area contributed by atoms with Gasteiger partial charge in [-0.3, -0.25) is 4.79 Å². The van der Waals surface area contributed by atoms with Crippen LogP contribution >= 0.6 is 0 Å². The summed E-state index contributed by atoms with van der Waals surface area (Å²) < 4.78 is 16.0. The Bertz CT molecular complexity index is 739. The van der Waals surface area contributed by atoms with E-state index in [-0.39, 0.29) is 29.3 Å². The minimum atomic E-state index is -0.616. The number of allylic oxidation sites excluding steroid dienone is 2. The van der Waals surface area contributed by atoms with Gasteiger partial charge in [0.2, 0.25) is 5.88 Å². The van der Waals surface area contributed by atoms with Gasteiger partial charge in [0.05, 0.1) is 25.1 Å². The van der Waals surface area contributed by atoms with Crippen molar-refractivity contribution in [2.45, 2.75) is 39.5 Å². The second-order valence-electron chi connectivity index (χ2n) is 6.87. The van der Waals surface area contributed by atoms with E-state index >= 15 is 0 Å². The highest BCUT2D eigenvalue weighted by Crippen LogP contribution is 2.48. The molecule has 24 heavy (non-hydrogen) atoms. The van der Waals surface area contributed by atoms with Crippen LogP contribution in [-0.4, -0.2) is 18.4 Å². The zero-order valence-electron chi connectivity index (χ0n) is 14.0. The SMILES string of the molecule is CCOC(=O)C1=C(N)OC2=C(C(=O)CC(C)(C)C2)[C@@H]1c1ccoc1. The first-order valence-electron chi connectivity index (χ1n) is 7.97. The van der Waals surface area contributed by atoms with E-state index in [1.54, 1.807) is 13.0 Å². The van der Waals surface area contributed by atoms with Crippen LogP contribution < -0.4 is 5.73 Å². The normalized spacial score (nSPS) is 23.0. The van der Waals surface area contributed by atoms with Crippen molar-refractivity contribution in [1.82, 2.24) is 0 Å². The van der Waals surface area contributed by atoms with Crippen molar-refractivity contribution in [3.05, 3.63) is 46.9 Å². The van der Waals surface area contributed by atoms with Crippen LogP contribution in [0.2, 0.25) is 0 Å². The number of hydrogen-bond acceptors (Lipinski definition) is 6. The van der Waals surface area contributed by atoms with Gasteiger partial charge in [-0.2, -0.15) is 0 Å². The molecule has 0 unspecified atom stereocenters. The van der Waals surface area contributed by atoms with Gasteiger partial charge >= 0.3 is 5.97 Å². The van der Waals surface area contributed by atoms with E-state index in [1.165, 1.54) is 12.5 Å². The fourth-order valence-electron chi connectivity index (χ4n) is 3.36. The van der Waals surface area contributed by atoms with Crippen molar-refractivity contribution in [3.8, 4) is 0 Å². The topological polar surface area (TPSA) is 91.8 Å². The molecule has 6 heteroatoms. The van der Waals surface area contributed by atoms with Gasteiger partial charge in [-0.25, -0.2) is 4.79 Å². The summed E-state index contributed by atoms with van der Waals surface area (Å²) in [5.41, 5.74) is 7.14. The molecule has 1 aromatic rings. The molecule has 0 saturated heterocycles. The Balaban J connectivity index is 2.14. The Morgan fingerprint density at radius 2 is 2.17 bits per heavy atom. The maximum absolute atomic E-state index is 12.8. The van der Waals surface area contributed by atoms with E-state index < -0.39 is 11.9 Å². The van der Waals surface area contributed by atoms with Gasteiger partial charge in [0, 0.05) is 24.0 Å². The van der Waals surface area contributed by atoms with Crippen LogP contribution in [-0.2, 0) is 19.1 Å². The quantitative estimate of drug-likeness (QED) is 0.856. The van der Waals surface area contributed by atoms with E-state index in [0.29, 0.717) is 29.7 Å². The Morgan fingerprint density at radius 3 is 2.79 bits per heavy atom. The second-order valence-corrected chi connectivity index (χ2v) is 6.87. The Hall–Kier alpha value is -2.50. The average molecular weight is 331 g/mol. The number of Topliss-reactive ketones (excluding diaryl/α,β-unsaturated/α-hetero) is 1. The number of ketones is 1. The van der Waals surface area contributed by atoms with Crippen molar-refractivity contribution in [2.75, 3.05) is 6.61 Å². The fraction of sp³-hybridized carbons (Fsp3) is 0.444. The third kappa shape index (κ3) is 2.72. The predicted octanol–water partition coefficient (Wildman–Crippen LogP) is 2.77. The number of ether oxygens (including phenoxy) is 2. The number of carbonyl (C=O) groups is 2. The molecule has 2 aliphatic rings. The molecule has 1 aliphatic heterocycles. The summed E-state index contributed by atoms with van der Waals surface area (Å²) in [5.74, 6) is -0.709. The first kappa shape index (κ1) is 16.4. The standard InChI is InChI=1S/C18H21NO5/c1-4-23-17(21)15-13(10-5-6-22-9-10)14-11(20)7-18(2,3)8-12(14)24-16(15)19/h5-6,9,13H,4,7-8,19H2,1-3H3/t13-/m0/s1. The first-order valence-corrected chi connectivity index (χ1v) is 7.97. The maximum atomic E-state index is 12.8. The lowest BCUT2D eigenvalue weighted by molar-refractivity contribution is -0.139. The van der Waals surface area contributed by atoms with Gasteiger partial charge in [-0.15, -0.1) is 0 Å². The minimum absolute atomic E-state index is 0.0103. The Morgan fingerprint density at radius 1 is 1.42 bits per heavy atom. The van der Waals surface area contributed by atoms with E-state index in [2.05, 4.69) is 0 Å². The molecule has 6 nitrogen and oxygen atoms in total. The van der Waals surface area contributed by atoms with Crippen molar-refractivity contribution in [2.24, 2.45) is 11.1 Å². The smallest absolute Gasteiger partial charge is 0.340 e. The van der Waals surface area contributed by atoms with Crippen LogP contribution in [0.3, 0.4) is 0 Å². The molecular weight excluding hydrogens is 310 g/mol. The van der Waals surface area contributed by atoms with Gasteiger partial charge in [-0.05, 0) is 18.4 Å². The highest BCUT2D eigenvalue weighted by atomic mass is 16.5. The summed E-state index contributed by atoms with van der Waals surface area (Å²) in [6, 6.07) is 1.72. The fourth-order valence-corrected chi connectivity index (χ4v) is 3.36. The zero-order chi connectivity index (χ0) is 17.5. The Kier molecular flexibility index (Phi) is 3.99. The lowest BCUT2D eigenvalue weighted by Crippen LogP contribution is -2.35. The minimum Gasteiger partial charge on any atom is -0.472 e. The molecule has 3 rings (SSSR count). The predicted molar refractivity (Wildman–Crippen MR) is 85.4 cm³/mol. The number of furan rings is 1.